The molecule has 0 fully saturated rings. The van der Waals surface area contributed by atoms with Crippen LogP contribution >= 0.6 is 0 Å². The minimum Gasteiger partial charge on any atom is -0.103 e. The van der Waals surface area contributed by atoms with Gasteiger partial charge in [-0.1, -0.05) is 77.7 Å². The molecule has 0 N–H and O–H groups in total. The molecule has 0 aliphatic carbocycles. The molecule has 0 spiro atoms. The number of hydrogen-bond acceptors (Lipinski definition) is 0. The van der Waals surface area contributed by atoms with Crippen LogP contribution in [0.3, 0.4) is 0 Å². The average Bonchev–Trinajstić information content (AvgIpc) is 2.26. The smallest absolute Gasteiger partial charge is 0.0265 e. The van der Waals surface area contributed by atoms with E-state index in [-0.39, 0.29) is 0 Å². The van der Waals surface area contributed by atoms with Gasteiger partial charge >= 0.3 is 0 Å². The monoisotopic (exact) mass is 210 g/mol. The minimum absolute atomic E-state index is 0.717. The zero-order valence-electron chi connectivity index (χ0n) is 10.9. The Morgan fingerprint density at radius 1 is 0.867 bits per heavy atom. The fraction of sp³-hybridized carbons (Fsp3) is 0.867. The first-order valence-corrected chi connectivity index (χ1v) is 6.93. The van der Waals surface area contributed by atoms with Crippen molar-refractivity contribution in [1.82, 2.24) is 0 Å². The summed E-state index contributed by atoms with van der Waals surface area (Å²) in [5.41, 5.74) is 0. The van der Waals surface area contributed by atoms with E-state index >= 15 is 0 Å². The third-order valence-corrected chi connectivity index (χ3v) is 3.17. The molecule has 0 aromatic rings. The Morgan fingerprint density at radius 2 is 1.33 bits per heavy atom. The maximum absolute atomic E-state index is 3.82. The summed E-state index contributed by atoms with van der Waals surface area (Å²) in [6, 6.07) is 0. The Morgan fingerprint density at radius 3 is 1.80 bits per heavy atom. The molecule has 0 nitrogen and oxygen atoms in total. The van der Waals surface area contributed by atoms with Gasteiger partial charge in [0.25, 0.3) is 0 Å². The van der Waals surface area contributed by atoms with Crippen LogP contribution in [-0.4, -0.2) is 0 Å². The Balaban J connectivity index is 2.95. The second kappa shape index (κ2) is 11.8. The number of hydrogen-bond donors (Lipinski definition) is 0. The predicted molar refractivity (Wildman–Crippen MR) is 71.2 cm³/mol. The van der Waals surface area contributed by atoms with Crippen LogP contribution in [0.25, 0.3) is 0 Å². The molecule has 0 rings (SSSR count). The molecule has 0 saturated heterocycles. The third kappa shape index (κ3) is 11.7. The summed E-state index contributed by atoms with van der Waals surface area (Å²) in [7, 11) is 0. The van der Waals surface area contributed by atoms with E-state index in [0.717, 1.165) is 5.92 Å². The topological polar surface area (TPSA) is 0 Å². The zero-order chi connectivity index (χ0) is 11.4. The normalized spacial score (nSPS) is 12.7. The number of unbranched alkanes of at least 4 members (excludes halogenated alkanes) is 8. The molecule has 0 aliphatic rings. The number of rotatable bonds is 11. The summed E-state index contributed by atoms with van der Waals surface area (Å²) >= 11 is 0. The first kappa shape index (κ1) is 14.7. The third-order valence-electron chi connectivity index (χ3n) is 3.17. The van der Waals surface area contributed by atoms with Crippen molar-refractivity contribution < 1.29 is 0 Å². The summed E-state index contributed by atoms with van der Waals surface area (Å²) in [6.45, 7) is 8.36. The van der Waals surface area contributed by atoms with Crippen molar-refractivity contribution in [3.8, 4) is 0 Å². The maximum atomic E-state index is 3.82. The maximum Gasteiger partial charge on any atom is -0.0265 e. The summed E-state index contributed by atoms with van der Waals surface area (Å²) < 4.78 is 0. The van der Waals surface area contributed by atoms with Crippen molar-refractivity contribution in [2.45, 2.75) is 78.1 Å². The second-order valence-electron chi connectivity index (χ2n) is 4.83. The summed E-state index contributed by atoms with van der Waals surface area (Å²) in [5, 5.41) is 0. The molecule has 0 heterocycles. The van der Waals surface area contributed by atoms with Gasteiger partial charge in [0.15, 0.2) is 0 Å². The van der Waals surface area contributed by atoms with Crippen LogP contribution < -0.4 is 0 Å². The van der Waals surface area contributed by atoms with Gasteiger partial charge in [-0.3, -0.25) is 0 Å². The van der Waals surface area contributed by atoms with Gasteiger partial charge in [-0.05, 0) is 12.3 Å². The van der Waals surface area contributed by atoms with Crippen LogP contribution in [0, 0.1) is 5.92 Å². The molecule has 0 aliphatic heterocycles. The molecule has 0 amide bonds. The number of allylic oxidation sites excluding steroid dienone is 1. The van der Waals surface area contributed by atoms with Crippen LogP contribution in [0.15, 0.2) is 12.7 Å². The van der Waals surface area contributed by atoms with E-state index in [1.54, 1.807) is 0 Å². The Hall–Kier alpha value is -0.260. The van der Waals surface area contributed by atoms with E-state index in [9.17, 15) is 0 Å². The molecule has 0 heteroatoms. The van der Waals surface area contributed by atoms with Gasteiger partial charge in [-0.2, -0.15) is 0 Å². The van der Waals surface area contributed by atoms with Crippen LogP contribution in [0.2, 0.25) is 0 Å². The molecule has 0 bridgehead atoms. The SMILES string of the molecule is C=C[C@@H](C)CCCCCCCCCCC. The first-order chi connectivity index (χ1) is 7.31. The largest absolute Gasteiger partial charge is 0.103 e. The molecule has 0 aromatic carbocycles. The van der Waals surface area contributed by atoms with Gasteiger partial charge in [0.2, 0.25) is 0 Å². The first-order valence-electron chi connectivity index (χ1n) is 6.93. The predicted octanol–water partition coefficient (Wildman–Crippen LogP) is 5.73. The van der Waals surface area contributed by atoms with Crippen LogP contribution in [0.4, 0.5) is 0 Å². The zero-order valence-corrected chi connectivity index (χ0v) is 10.9. The van der Waals surface area contributed by atoms with Gasteiger partial charge in [0.05, 0.1) is 0 Å². The Bertz CT molecular complexity index is 126. The van der Waals surface area contributed by atoms with Crippen molar-refractivity contribution in [3.63, 3.8) is 0 Å². The molecular weight excluding hydrogens is 180 g/mol. The van der Waals surface area contributed by atoms with E-state index < -0.39 is 0 Å². The quantitative estimate of drug-likeness (QED) is 0.302. The van der Waals surface area contributed by atoms with Gasteiger partial charge < -0.3 is 0 Å². The lowest BCUT2D eigenvalue weighted by molar-refractivity contribution is 0.529. The van der Waals surface area contributed by atoms with Gasteiger partial charge in [0, 0.05) is 0 Å². The van der Waals surface area contributed by atoms with E-state index in [2.05, 4.69) is 26.5 Å². The highest BCUT2D eigenvalue weighted by atomic mass is 14.0. The van der Waals surface area contributed by atoms with Crippen molar-refractivity contribution in [3.05, 3.63) is 12.7 Å². The highest BCUT2D eigenvalue weighted by Crippen LogP contribution is 2.13. The molecule has 0 saturated carbocycles. The standard InChI is InChI=1S/C15H30/c1-4-6-7-8-9-10-11-12-13-14-15(3)5-2/h5,15H,2,4,6-14H2,1,3H3/t15-/m1/s1. The molecule has 0 aromatic heterocycles. The van der Waals surface area contributed by atoms with Crippen LogP contribution in [0.1, 0.15) is 78.1 Å². The lowest BCUT2D eigenvalue weighted by Gasteiger charge is -2.05. The van der Waals surface area contributed by atoms with Crippen molar-refractivity contribution in [2.75, 3.05) is 0 Å². The van der Waals surface area contributed by atoms with Crippen molar-refractivity contribution in [1.29, 1.82) is 0 Å². The molecular formula is C15H30. The van der Waals surface area contributed by atoms with Gasteiger partial charge in [-0.15, -0.1) is 6.58 Å². The Labute approximate surface area is 97.2 Å². The van der Waals surface area contributed by atoms with E-state index in [0.29, 0.717) is 0 Å². The lowest BCUT2D eigenvalue weighted by Crippen LogP contribution is -1.88. The van der Waals surface area contributed by atoms with E-state index in [1.165, 1.54) is 64.2 Å². The molecule has 0 radical (unpaired) electrons. The van der Waals surface area contributed by atoms with Crippen LogP contribution in [0.5, 0.6) is 0 Å². The highest BCUT2D eigenvalue weighted by Gasteiger charge is 1.96. The Kier molecular flexibility index (Phi) is 11.6. The molecule has 0 unspecified atom stereocenters. The second-order valence-corrected chi connectivity index (χ2v) is 4.83. The highest BCUT2D eigenvalue weighted by molar-refractivity contribution is 4.74. The molecule has 15 heavy (non-hydrogen) atoms. The minimum atomic E-state index is 0.717. The van der Waals surface area contributed by atoms with E-state index in [4.69, 9.17) is 0 Å². The summed E-state index contributed by atoms with van der Waals surface area (Å²) in [4.78, 5) is 0. The fourth-order valence-corrected chi connectivity index (χ4v) is 1.89. The average molecular weight is 210 g/mol. The fourth-order valence-electron chi connectivity index (χ4n) is 1.89. The molecule has 1 atom stereocenters. The van der Waals surface area contributed by atoms with Crippen molar-refractivity contribution in [2.24, 2.45) is 5.92 Å². The summed E-state index contributed by atoms with van der Waals surface area (Å²) in [5.74, 6) is 0.717. The van der Waals surface area contributed by atoms with Gasteiger partial charge in [-0.25, -0.2) is 0 Å². The van der Waals surface area contributed by atoms with E-state index in [1.807, 2.05) is 0 Å². The van der Waals surface area contributed by atoms with Gasteiger partial charge in [0.1, 0.15) is 0 Å². The lowest BCUT2D eigenvalue weighted by atomic mass is 10.0. The summed E-state index contributed by atoms with van der Waals surface area (Å²) in [6.07, 6.45) is 16.3. The molecule has 90 valence electrons. The van der Waals surface area contributed by atoms with Crippen LogP contribution in [-0.2, 0) is 0 Å². The van der Waals surface area contributed by atoms with Crippen molar-refractivity contribution >= 4 is 0 Å².